The monoisotopic (exact) mass is 306 g/mol. The number of ether oxygens (including phenoxy) is 1. The van der Waals surface area contributed by atoms with Gasteiger partial charge in [0.15, 0.2) is 5.82 Å². The van der Waals surface area contributed by atoms with Crippen LogP contribution in [0.4, 0.5) is 5.82 Å². The number of aromatic nitrogens is 2. The Morgan fingerprint density at radius 1 is 1.26 bits per heavy atom. The van der Waals surface area contributed by atoms with Gasteiger partial charge in [-0.15, -0.1) is 5.10 Å². The van der Waals surface area contributed by atoms with Gasteiger partial charge < -0.3 is 9.64 Å². The van der Waals surface area contributed by atoms with Crippen molar-refractivity contribution in [2.24, 2.45) is 0 Å². The van der Waals surface area contributed by atoms with E-state index in [4.69, 9.17) is 4.74 Å². The summed E-state index contributed by atoms with van der Waals surface area (Å²) < 4.78 is 6.18. The number of nitriles is 1. The van der Waals surface area contributed by atoms with Crippen molar-refractivity contribution in [1.29, 1.82) is 5.26 Å². The number of hydrogen-bond acceptors (Lipinski definition) is 5. The Morgan fingerprint density at radius 2 is 2.09 bits per heavy atom. The van der Waals surface area contributed by atoms with E-state index < -0.39 is 0 Å². The van der Waals surface area contributed by atoms with Crippen LogP contribution < -0.4 is 4.90 Å². The van der Waals surface area contributed by atoms with Crippen LogP contribution in [0.3, 0.4) is 0 Å². The second-order valence-electron chi connectivity index (χ2n) is 6.33. The quantitative estimate of drug-likeness (QED) is 0.810. The minimum absolute atomic E-state index is 0.274. The van der Waals surface area contributed by atoms with E-state index >= 15 is 0 Å². The molecule has 0 bridgehead atoms. The average Bonchev–Trinajstić information content (AvgIpc) is 3.16. The maximum Gasteiger partial charge on any atom is 0.169 e. The summed E-state index contributed by atoms with van der Waals surface area (Å²) in [6, 6.07) is 10.7. The summed E-state index contributed by atoms with van der Waals surface area (Å²) in [6.45, 7) is 6.01. The van der Waals surface area contributed by atoms with E-state index in [1.807, 2.05) is 13.8 Å². The standard InChI is InChI=1S/C18H18N4O/c1-12-13(2)20-21-17(15(12)9-19)22-8-7-18(11-22)16-6-4-3-5-14(16)10-23-18/h3-6H,7-8,10-11H2,1-2H3. The zero-order valence-electron chi connectivity index (χ0n) is 13.3. The van der Waals surface area contributed by atoms with Gasteiger partial charge in [-0.3, -0.25) is 0 Å². The van der Waals surface area contributed by atoms with Gasteiger partial charge in [0.05, 0.1) is 18.8 Å². The molecule has 1 aromatic heterocycles. The first-order valence-corrected chi connectivity index (χ1v) is 7.86. The van der Waals surface area contributed by atoms with Crippen molar-refractivity contribution < 1.29 is 4.74 Å². The number of benzene rings is 1. The largest absolute Gasteiger partial charge is 0.364 e. The zero-order chi connectivity index (χ0) is 16.0. The number of nitrogens with zero attached hydrogens (tertiary/aromatic N) is 4. The molecule has 1 saturated heterocycles. The van der Waals surface area contributed by atoms with Crippen molar-refractivity contribution in [1.82, 2.24) is 10.2 Å². The highest BCUT2D eigenvalue weighted by Gasteiger charge is 2.46. The molecule has 3 heterocycles. The lowest BCUT2D eigenvalue weighted by molar-refractivity contribution is -0.0205. The maximum atomic E-state index is 9.52. The Labute approximate surface area is 135 Å². The molecule has 1 atom stereocenters. The molecule has 5 nitrogen and oxygen atoms in total. The van der Waals surface area contributed by atoms with E-state index in [9.17, 15) is 5.26 Å². The molecule has 0 N–H and O–H groups in total. The van der Waals surface area contributed by atoms with Crippen LogP contribution in [0, 0.1) is 25.2 Å². The summed E-state index contributed by atoms with van der Waals surface area (Å²) in [4.78, 5) is 2.14. The highest BCUT2D eigenvalue weighted by atomic mass is 16.5. The lowest BCUT2D eigenvalue weighted by Gasteiger charge is -2.25. The van der Waals surface area contributed by atoms with Gasteiger partial charge in [0.25, 0.3) is 0 Å². The topological polar surface area (TPSA) is 62.0 Å². The third-order valence-corrected chi connectivity index (χ3v) is 5.09. The van der Waals surface area contributed by atoms with Crippen LogP contribution in [0.25, 0.3) is 0 Å². The maximum absolute atomic E-state index is 9.52. The fourth-order valence-corrected chi connectivity index (χ4v) is 3.64. The predicted molar refractivity (Wildman–Crippen MR) is 86.0 cm³/mol. The van der Waals surface area contributed by atoms with Crippen LogP contribution >= 0.6 is 0 Å². The highest BCUT2D eigenvalue weighted by Crippen LogP contribution is 2.44. The van der Waals surface area contributed by atoms with E-state index in [0.717, 1.165) is 30.8 Å². The molecule has 0 amide bonds. The molecular weight excluding hydrogens is 288 g/mol. The molecule has 2 aliphatic rings. The SMILES string of the molecule is Cc1nnc(N2CCC3(C2)OCc2ccccc23)c(C#N)c1C. The summed E-state index contributed by atoms with van der Waals surface area (Å²) in [6.07, 6.45) is 0.906. The molecule has 0 saturated carbocycles. The molecule has 0 aliphatic carbocycles. The third-order valence-electron chi connectivity index (χ3n) is 5.09. The second kappa shape index (κ2) is 5.04. The molecule has 0 radical (unpaired) electrons. The molecule has 23 heavy (non-hydrogen) atoms. The van der Waals surface area contributed by atoms with Crippen molar-refractivity contribution in [3.8, 4) is 6.07 Å². The number of fused-ring (bicyclic) bond motifs is 2. The third kappa shape index (κ3) is 2.02. The Kier molecular flexibility index (Phi) is 3.10. The number of rotatable bonds is 1. The minimum Gasteiger partial charge on any atom is -0.364 e. The van der Waals surface area contributed by atoms with Gasteiger partial charge >= 0.3 is 0 Å². The summed E-state index contributed by atoms with van der Waals surface area (Å²) in [7, 11) is 0. The van der Waals surface area contributed by atoms with Crippen molar-refractivity contribution in [2.75, 3.05) is 18.0 Å². The molecule has 116 valence electrons. The van der Waals surface area contributed by atoms with E-state index in [-0.39, 0.29) is 5.60 Å². The van der Waals surface area contributed by atoms with E-state index in [1.165, 1.54) is 11.1 Å². The van der Waals surface area contributed by atoms with Gasteiger partial charge in [-0.1, -0.05) is 24.3 Å². The van der Waals surface area contributed by atoms with E-state index in [2.05, 4.69) is 45.4 Å². The predicted octanol–water partition coefficient (Wildman–Crippen LogP) is 2.60. The Bertz CT molecular complexity index is 826. The van der Waals surface area contributed by atoms with Gasteiger partial charge in [0.2, 0.25) is 0 Å². The smallest absolute Gasteiger partial charge is 0.169 e. The molecule has 4 rings (SSSR count). The van der Waals surface area contributed by atoms with E-state index in [1.54, 1.807) is 0 Å². The van der Waals surface area contributed by atoms with Crippen molar-refractivity contribution in [2.45, 2.75) is 32.5 Å². The highest BCUT2D eigenvalue weighted by molar-refractivity contribution is 5.59. The van der Waals surface area contributed by atoms with Gasteiger partial charge in [-0.2, -0.15) is 10.4 Å². The summed E-state index contributed by atoms with van der Waals surface area (Å²) >= 11 is 0. The van der Waals surface area contributed by atoms with Crippen molar-refractivity contribution in [3.05, 3.63) is 52.2 Å². The normalized spacial score (nSPS) is 22.4. The molecule has 1 unspecified atom stereocenters. The molecule has 2 aromatic rings. The minimum atomic E-state index is -0.274. The molecule has 1 aromatic carbocycles. The molecule has 5 heteroatoms. The van der Waals surface area contributed by atoms with Gasteiger partial charge in [0.1, 0.15) is 17.2 Å². The molecule has 1 spiro atoms. The summed E-state index contributed by atoms with van der Waals surface area (Å²) in [5, 5.41) is 18.0. The second-order valence-corrected chi connectivity index (χ2v) is 6.33. The Morgan fingerprint density at radius 3 is 2.91 bits per heavy atom. The van der Waals surface area contributed by atoms with Crippen LogP contribution in [0.5, 0.6) is 0 Å². The molecular formula is C18H18N4O. The van der Waals surface area contributed by atoms with Crippen LogP contribution in [-0.2, 0) is 16.9 Å². The number of aryl methyl sites for hydroxylation is 1. The zero-order valence-corrected chi connectivity index (χ0v) is 13.3. The first kappa shape index (κ1) is 14.2. The Hall–Kier alpha value is -2.45. The van der Waals surface area contributed by atoms with Crippen molar-refractivity contribution in [3.63, 3.8) is 0 Å². The fourth-order valence-electron chi connectivity index (χ4n) is 3.64. The number of hydrogen-bond donors (Lipinski definition) is 0. The van der Waals surface area contributed by atoms with Crippen LogP contribution in [0.1, 0.15) is 34.4 Å². The summed E-state index contributed by atoms with van der Waals surface area (Å²) in [5.41, 5.74) is 4.61. The molecule has 2 aliphatic heterocycles. The van der Waals surface area contributed by atoms with Crippen LogP contribution in [-0.4, -0.2) is 23.3 Å². The fraction of sp³-hybridized carbons (Fsp3) is 0.389. The lowest BCUT2D eigenvalue weighted by Crippen LogP contribution is -2.31. The van der Waals surface area contributed by atoms with Crippen LogP contribution in [0.2, 0.25) is 0 Å². The van der Waals surface area contributed by atoms with E-state index in [0.29, 0.717) is 18.0 Å². The lowest BCUT2D eigenvalue weighted by atomic mass is 9.92. The van der Waals surface area contributed by atoms with Gasteiger partial charge in [-0.05, 0) is 37.0 Å². The first-order chi connectivity index (χ1) is 11.1. The van der Waals surface area contributed by atoms with Gasteiger partial charge in [-0.25, -0.2) is 0 Å². The molecule has 1 fully saturated rings. The summed E-state index contributed by atoms with van der Waals surface area (Å²) in [5.74, 6) is 0.681. The average molecular weight is 306 g/mol. The first-order valence-electron chi connectivity index (χ1n) is 7.86. The number of anilines is 1. The Balaban J connectivity index is 1.71. The van der Waals surface area contributed by atoms with Crippen LogP contribution in [0.15, 0.2) is 24.3 Å². The van der Waals surface area contributed by atoms with Crippen molar-refractivity contribution >= 4 is 5.82 Å². The van der Waals surface area contributed by atoms with Gasteiger partial charge in [0, 0.05) is 6.54 Å².